The normalized spacial score (nSPS) is 11.4. The lowest BCUT2D eigenvalue weighted by molar-refractivity contribution is -0.165. The molecule has 0 aliphatic heterocycles. The fourth-order valence-electron chi connectivity index (χ4n) is 0.553. The van der Waals surface area contributed by atoms with Gasteiger partial charge in [0.15, 0.2) is 0 Å². The summed E-state index contributed by atoms with van der Waals surface area (Å²) in [6, 6.07) is 0. The Morgan fingerprint density at radius 1 is 1.33 bits per heavy atom. The Balaban J connectivity index is 3.90. The highest BCUT2D eigenvalue weighted by atomic mass is 19.3. The summed E-state index contributed by atoms with van der Waals surface area (Å²) in [5.74, 6) is -3.71. The third-order valence-electron chi connectivity index (χ3n) is 1.21. The summed E-state index contributed by atoms with van der Waals surface area (Å²) in [5, 5.41) is 0. The molecule has 15 heavy (non-hydrogen) atoms. The van der Waals surface area contributed by atoms with Crippen molar-refractivity contribution < 1.29 is 32.2 Å². The molecule has 0 N–H and O–H groups in total. The van der Waals surface area contributed by atoms with Crippen LogP contribution in [-0.2, 0) is 19.1 Å². The van der Waals surface area contributed by atoms with Gasteiger partial charge in [-0.25, -0.2) is 22.8 Å². The SMILES string of the molecule is COC(=O)C(=O)OC/C(F)=C/CC(F)F. The summed E-state index contributed by atoms with van der Waals surface area (Å²) in [5.41, 5.74) is 0. The average molecular weight is 226 g/mol. The minimum Gasteiger partial charge on any atom is -0.461 e. The fraction of sp³-hybridized carbons (Fsp3) is 0.500. The van der Waals surface area contributed by atoms with Crippen molar-refractivity contribution in [3.05, 3.63) is 11.9 Å². The molecule has 7 heteroatoms. The van der Waals surface area contributed by atoms with E-state index in [2.05, 4.69) is 9.47 Å². The third-order valence-corrected chi connectivity index (χ3v) is 1.21. The standard InChI is InChI=1S/C8H9F3O4/c1-14-7(12)8(13)15-4-5(9)2-3-6(10)11/h2,6H,3-4H2,1H3/b5-2-. The number of allylic oxidation sites excluding steroid dienone is 1. The molecule has 0 atom stereocenters. The third kappa shape index (κ3) is 6.53. The van der Waals surface area contributed by atoms with Gasteiger partial charge >= 0.3 is 11.9 Å². The van der Waals surface area contributed by atoms with Gasteiger partial charge in [-0.15, -0.1) is 0 Å². The highest BCUT2D eigenvalue weighted by molar-refractivity contribution is 6.29. The maximum atomic E-state index is 12.6. The number of methoxy groups -OCH3 is 1. The first-order chi connectivity index (χ1) is 6.97. The summed E-state index contributed by atoms with van der Waals surface area (Å²) < 4.78 is 43.8. The van der Waals surface area contributed by atoms with Gasteiger partial charge in [0, 0.05) is 6.42 Å². The van der Waals surface area contributed by atoms with Crippen LogP contribution in [0, 0.1) is 0 Å². The van der Waals surface area contributed by atoms with Gasteiger partial charge < -0.3 is 9.47 Å². The van der Waals surface area contributed by atoms with Gasteiger partial charge in [-0.3, -0.25) is 0 Å². The van der Waals surface area contributed by atoms with Crippen LogP contribution >= 0.6 is 0 Å². The molecular weight excluding hydrogens is 217 g/mol. The molecule has 0 bridgehead atoms. The maximum Gasteiger partial charge on any atom is 0.417 e. The van der Waals surface area contributed by atoms with Gasteiger partial charge in [-0.2, -0.15) is 0 Å². The lowest BCUT2D eigenvalue weighted by Crippen LogP contribution is -2.19. The molecular formula is C8H9F3O4. The summed E-state index contributed by atoms with van der Waals surface area (Å²) in [6.07, 6.45) is -2.87. The molecule has 0 aromatic heterocycles. The Kier molecular flexibility index (Phi) is 6.16. The Morgan fingerprint density at radius 2 is 1.93 bits per heavy atom. The lowest BCUT2D eigenvalue weighted by atomic mass is 10.4. The maximum absolute atomic E-state index is 12.6. The van der Waals surface area contributed by atoms with E-state index in [1.54, 1.807) is 0 Å². The highest BCUT2D eigenvalue weighted by Crippen LogP contribution is 2.05. The molecule has 0 aromatic rings. The fourth-order valence-corrected chi connectivity index (χ4v) is 0.553. The van der Waals surface area contributed by atoms with Crippen LogP contribution in [0.3, 0.4) is 0 Å². The van der Waals surface area contributed by atoms with Crippen LogP contribution in [0.1, 0.15) is 6.42 Å². The minimum atomic E-state index is -2.67. The smallest absolute Gasteiger partial charge is 0.417 e. The molecule has 0 aliphatic carbocycles. The molecule has 0 saturated carbocycles. The summed E-state index contributed by atoms with van der Waals surface area (Å²) >= 11 is 0. The largest absolute Gasteiger partial charge is 0.461 e. The van der Waals surface area contributed by atoms with Gasteiger partial charge in [0.05, 0.1) is 7.11 Å². The summed E-state index contributed by atoms with van der Waals surface area (Å²) in [6.45, 7) is -0.860. The van der Waals surface area contributed by atoms with E-state index in [0.29, 0.717) is 6.08 Å². The van der Waals surface area contributed by atoms with Gasteiger partial charge in [0.1, 0.15) is 12.4 Å². The Bertz CT molecular complexity index is 263. The molecule has 0 rings (SSSR count). The van der Waals surface area contributed by atoms with Crippen molar-refractivity contribution in [2.75, 3.05) is 13.7 Å². The van der Waals surface area contributed by atoms with E-state index in [-0.39, 0.29) is 0 Å². The number of rotatable bonds is 4. The Hall–Kier alpha value is -1.53. The first kappa shape index (κ1) is 13.5. The van der Waals surface area contributed by atoms with Crippen LogP contribution in [0.5, 0.6) is 0 Å². The number of esters is 2. The van der Waals surface area contributed by atoms with E-state index >= 15 is 0 Å². The molecule has 0 radical (unpaired) electrons. The van der Waals surface area contributed by atoms with Gasteiger partial charge in [-0.05, 0) is 6.08 Å². The van der Waals surface area contributed by atoms with Crippen molar-refractivity contribution in [3.8, 4) is 0 Å². The van der Waals surface area contributed by atoms with Gasteiger partial charge in [0.25, 0.3) is 0 Å². The number of hydrogen-bond acceptors (Lipinski definition) is 4. The van der Waals surface area contributed by atoms with Crippen molar-refractivity contribution in [1.82, 2.24) is 0 Å². The second-order valence-corrected chi connectivity index (χ2v) is 2.35. The van der Waals surface area contributed by atoms with E-state index in [4.69, 9.17) is 0 Å². The number of ether oxygens (including phenoxy) is 2. The van der Waals surface area contributed by atoms with Crippen LogP contribution in [0.2, 0.25) is 0 Å². The van der Waals surface area contributed by atoms with Crippen molar-refractivity contribution in [2.24, 2.45) is 0 Å². The molecule has 0 fully saturated rings. The highest BCUT2D eigenvalue weighted by Gasteiger charge is 2.15. The quantitative estimate of drug-likeness (QED) is 0.534. The van der Waals surface area contributed by atoms with Crippen molar-refractivity contribution >= 4 is 11.9 Å². The van der Waals surface area contributed by atoms with Crippen molar-refractivity contribution in [2.45, 2.75) is 12.8 Å². The second kappa shape index (κ2) is 6.86. The van der Waals surface area contributed by atoms with Crippen LogP contribution in [0.15, 0.2) is 11.9 Å². The summed E-state index contributed by atoms with van der Waals surface area (Å²) in [4.78, 5) is 21.0. The molecule has 0 spiro atoms. The van der Waals surface area contributed by atoms with E-state index in [0.717, 1.165) is 7.11 Å². The first-order valence-electron chi connectivity index (χ1n) is 3.85. The van der Waals surface area contributed by atoms with Crippen LogP contribution in [0.4, 0.5) is 13.2 Å². The van der Waals surface area contributed by atoms with Crippen LogP contribution in [0.25, 0.3) is 0 Å². The molecule has 0 amide bonds. The zero-order chi connectivity index (χ0) is 11.8. The van der Waals surface area contributed by atoms with E-state index in [1.165, 1.54) is 0 Å². The average Bonchev–Trinajstić information content (AvgIpc) is 2.21. The summed E-state index contributed by atoms with van der Waals surface area (Å²) in [7, 11) is 0.951. The molecule has 0 saturated heterocycles. The molecule has 0 unspecified atom stereocenters. The Labute approximate surface area is 83.7 Å². The van der Waals surface area contributed by atoms with Crippen LogP contribution in [-0.4, -0.2) is 32.1 Å². The van der Waals surface area contributed by atoms with Crippen molar-refractivity contribution in [3.63, 3.8) is 0 Å². The molecule has 0 aliphatic rings. The first-order valence-corrected chi connectivity index (χ1v) is 3.85. The van der Waals surface area contributed by atoms with Gasteiger partial charge in [-0.1, -0.05) is 0 Å². The van der Waals surface area contributed by atoms with E-state index in [9.17, 15) is 22.8 Å². The second-order valence-electron chi connectivity index (χ2n) is 2.35. The van der Waals surface area contributed by atoms with Crippen LogP contribution < -0.4 is 0 Å². The predicted molar refractivity (Wildman–Crippen MR) is 42.8 cm³/mol. The number of alkyl halides is 2. The molecule has 4 nitrogen and oxygen atoms in total. The lowest BCUT2D eigenvalue weighted by Gasteiger charge is -2.01. The molecule has 86 valence electrons. The van der Waals surface area contributed by atoms with Gasteiger partial charge in [0.2, 0.25) is 6.43 Å². The zero-order valence-corrected chi connectivity index (χ0v) is 7.84. The number of halogens is 3. The number of carbonyl (C=O) groups excluding carboxylic acids is 2. The Morgan fingerprint density at radius 3 is 2.40 bits per heavy atom. The molecule has 0 aromatic carbocycles. The zero-order valence-electron chi connectivity index (χ0n) is 7.84. The van der Waals surface area contributed by atoms with E-state index < -0.39 is 37.2 Å². The minimum absolute atomic E-state index is 0.579. The monoisotopic (exact) mass is 226 g/mol. The number of carbonyl (C=O) groups is 2. The van der Waals surface area contributed by atoms with Crippen molar-refractivity contribution in [1.29, 1.82) is 0 Å². The van der Waals surface area contributed by atoms with E-state index in [1.807, 2.05) is 0 Å². The topological polar surface area (TPSA) is 52.6 Å². The number of hydrogen-bond donors (Lipinski definition) is 0. The molecule has 0 heterocycles. The predicted octanol–water partition coefficient (Wildman–Crippen LogP) is 1.21.